The van der Waals surface area contributed by atoms with E-state index in [0.717, 1.165) is 4.68 Å². The Balaban J connectivity index is 2.28. The molecular formula is C11H15F3N4O2. The van der Waals surface area contributed by atoms with Crippen molar-refractivity contribution in [2.75, 3.05) is 6.54 Å². The summed E-state index contributed by atoms with van der Waals surface area (Å²) < 4.78 is 44.0. The highest BCUT2D eigenvalue weighted by Crippen LogP contribution is 2.28. The predicted molar refractivity (Wildman–Crippen MR) is 61.6 cm³/mol. The number of alkyl halides is 3. The van der Waals surface area contributed by atoms with Crippen molar-refractivity contribution >= 4 is 5.97 Å². The molecule has 1 aromatic heterocycles. The molecule has 0 fully saturated rings. The first kappa shape index (κ1) is 14.8. The number of carbonyl (C=O) groups excluding carboxylic acids is 1. The number of nitrogens with one attached hydrogen (secondary N) is 1. The molecule has 1 aromatic rings. The summed E-state index contributed by atoms with van der Waals surface area (Å²) in [5.41, 5.74) is -0.720. The maximum Gasteiger partial charge on any atom is 0.453 e. The van der Waals surface area contributed by atoms with Crippen molar-refractivity contribution in [3.05, 3.63) is 11.6 Å². The third-order valence-corrected chi connectivity index (χ3v) is 2.55. The van der Waals surface area contributed by atoms with Crippen molar-refractivity contribution in [2.24, 2.45) is 0 Å². The summed E-state index contributed by atoms with van der Waals surface area (Å²) in [4.78, 5) is 15.4. The number of aromatic nitrogens is 3. The fourth-order valence-corrected chi connectivity index (χ4v) is 1.81. The molecule has 0 aromatic carbocycles. The first-order valence-corrected chi connectivity index (χ1v) is 6.04. The summed E-state index contributed by atoms with van der Waals surface area (Å²) in [7, 11) is 0. The first-order valence-electron chi connectivity index (χ1n) is 6.04. The quantitative estimate of drug-likeness (QED) is 0.790. The standard InChI is InChI=1S/C11H15F3N4O2/c1-10(2,3)20-8(19)6-4-15-5-7-16-9(11(12,13)14)17-18(6)7/h6,15H,4-5H2,1-3H3. The highest BCUT2D eigenvalue weighted by molar-refractivity contribution is 5.75. The van der Waals surface area contributed by atoms with Crippen molar-refractivity contribution in [1.29, 1.82) is 0 Å². The van der Waals surface area contributed by atoms with Crippen LogP contribution < -0.4 is 5.32 Å². The van der Waals surface area contributed by atoms with Crippen LogP contribution in [0.5, 0.6) is 0 Å². The van der Waals surface area contributed by atoms with Gasteiger partial charge < -0.3 is 10.1 Å². The zero-order valence-corrected chi connectivity index (χ0v) is 11.3. The Bertz CT molecular complexity index is 519. The molecule has 0 saturated heterocycles. The van der Waals surface area contributed by atoms with E-state index in [1.165, 1.54) is 0 Å². The molecule has 20 heavy (non-hydrogen) atoms. The molecule has 0 amide bonds. The highest BCUT2D eigenvalue weighted by Gasteiger charge is 2.40. The maximum atomic E-state index is 12.6. The monoisotopic (exact) mass is 292 g/mol. The smallest absolute Gasteiger partial charge is 0.453 e. The Hall–Kier alpha value is -1.64. The van der Waals surface area contributed by atoms with Gasteiger partial charge in [-0.25, -0.2) is 14.5 Å². The second-order valence-corrected chi connectivity index (χ2v) is 5.47. The van der Waals surface area contributed by atoms with E-state index in [2.05, 4.69) is 15.4 Å². The summed E-state index contributed by atoms with van der Waals surface area (Å²) in [6.07, 6.45) is -4.64. The van der Waals surface area contributed by atoms with E-state index in [0.29, 0.717) is 0 Å². The topological polar surface area (TPSA) is 69.0 Å². The minimum atomic E-state index is -4.64. The number of hydrogen-bond acceptors (Lipinski definition) is 5. The van der Waals surface area contributed by atoms with Gasteiger partial charge in [0.1, 0.15) is 11.4 Å². The Labute approximate surface area is 113 Å². The third-order valence-electron chi connectivity index (χ3n) is 2.55. The molecule has 9 heteroatoms. The summed E-state index contributed by atoms with van der Waals surface area (Å²) >= 11 is 0. The molecule has 1 atom stereocenters. The van der Waals surface area contributed by atoms with E-state index in [4.69, 9.17) is 4.74 Å². The molecule has 0 aliphatic carbocycles. The lowest BCUT2D eigenvalue weighted by atomic mass is 10.2. The number of fused-ring (bicyclic) bond motifs is 1. The summed E-state index contributed by atoms with van der Waals surface area (Å²) in [5, 5.41) is 6.23. The van der Waals surface area contributed by atoms with Gasteiger partial charge in [-0.2, -0.15) is 13.2 Å². The van der Waals surface area contributed by atoms with Crippen molar-refractivity contribution in [3.8, 4) is 0 Å². The lowest BCUT2D eigenvalue weighted by Gasteiger charge is -2.27. The summed E-state index contributed by atoms with van der Waals surface area (Å²) in [5.74, 6) is -1.81. The zero-order valence-electron chi connectivity index (χ0n) is 11.3. The van der Waals surface area contributed by atoms with Gasteiger partial charge in [-0.05, 0) is 20.8 Å². The van der Waals surface area contributed by atoms with Crippen LogP contribution in [0.3, 0.4) is 0 Å². The minimum Gasteiger partial charge on any atom is -0.458 e. The van der Waals surface area contributed by atoms with Gasteiger partial charge in [0.2, 0.25) is 0 Å². The Morgan fingerprint density at radius 2 is 2.05 bits per heavy atom. The van der Waals surface area contributed by atoms with Crippen LogP contribution in [0, 0.1) is 0 Å². The number of nitrogens with zero attached hydrogens (tertiary/aromatic N) is 3. The molecule has 2 rings (SSSR count). The van der Waals surface area contributed by atoms with E-state index in [1.54, 1.807) is 20.8 Å². The molecule has 1 unspecified atom stereocenters. The number of halogens is 3. The molecule has 1 N–H and O–H groups in total. The van der Waals surface area contributed by atoms with Crippen LogP contribution in [0.25, 0.3) is 0 Å². The summed E-state index contributed by atoms with van der Waals surface area (Å²) in [6, 6.07) is -0.943. The van der Waals surface area contributed by atoms with Gasteiger partial charge in [-0.1, -0.05) is 0 Å². The number of hydrogen-bond donors (Lipinski definition) is 1. The van der Waals surface area contributed by atoms with E-state index in [-0.39, 0.29) is 18.9 Å². The van der Waals surface area contributed by atoms with Gasteiger partial charge in [0, 0.05) is 6.54 Å². The molecule has 1 aliphatic rings. The lowest BCUT2D eigenvalue weighted by Crippen LogP contribution is -2.41. The number of rotatable bonds is 1. The van der Waals surface area contributed by atoms with Gasteiger partial charge in [0.25, 0.3) is 5.82 Å². The van der Waals surface area contributed by atoms with E-state index in [1.807, 2.05) is 0 Å². The largest absolute Gasteiger partial charge is 0.458 e. The second-order valence-electron chi connectivity index (χ2n) is 5.47. The van der Waals surface area contributed by atoms with Crippen molar-refractivity contribution in [3.63, 3.8) is 0 Å². The molecule has 0 saturated carbocycles. The molecule has 1 aliphatic heterocycles. The SMILES string of the molecule is CC(C)(C)OC(=O)C1CNCc2nc(C(F)(F)F)nn21. The van der Waals surface area contributed by atoms with Gasteiger partial charge >= 0.3 is 12.1 Å². The van der Waals surface area contributed by atoms with Gasteiger partial charge in [0.15, 0.2) is 6.04 Å². The second kappa shape index (κ2) is 4.72. The Morgan fingerprint density at radius 1 is 1.40 bits per heavy atom. The molecule has 0 spiro atoms. The molecule has 2 heterocycles. The van der Waals surface area contributed by atoms with Gasteiger partial charge in [0.05, 0.1) is 6.54 Å². The average molecular weight is 292 g/mol. The number of esters is 1. The minimum absolute atomic E-state index is 0.0689. The van der Waals surface area contributed by atoms with Crippen LogP contribution in [0.4, 0.5) is 13.2 Å². The highest BCUT2D eigenvalue weighted by atomic mass is 19.4. The number of carbonyl (C=O) groups is 1. The van der Waals surface area contributed by atoms with E-state index < -0.39 is 29.6 Å². The first-order chi connectivity index (χ1) is 9.08. The molecule has 6 nitrogen and oxygen atoms in total. The van der Waals surface area contributed by atoms with E-state index in [9.17, 15) is 18.0 Å². The van der Waals surface area contributed by atoms with Crippen LogP contribution >= 0.6 is 0 Å². The zero-order chi connectivity index (χ0) is 15.1. The fraction of sp³-hybridized carbons (Fsp3) is 0.727. The van der Waals surface area contributed by atoms with Crippen molar-refractivity contribution in [2.45, 2.75) is 45.1 Å². The van der Waals surface area contributed by atoms with Crippen molar-refractivity contribution < 1.29 is 22.7 Å². The predicted octanol–water partition coefficient (Wildman–Crippen LogP) is 1.28. The third kappa shape index (κ3) is 3.09. The van der Waals surface area contributed by atoms with Gasteiger partial charge in [-0.15, -0.1) is 5.10 Å². The van der Waals surface area contributed by atoms with Crippen LogP contribution in [0.2, 0.25) is 0 Å². The lowest BCUT2D eigenvalue weighted by molar-refractivity contribution is -0.160. The van der Waals surface area contributed by atoms with Crippen LogP contribution in [0.1, 0.15) is 38.5 Å². The average Bonchev–Trinajstić information content (AvgIpc) is 2.69. The van der Waals surface area contributed by atoms with Crippen LogP contribution in [-0.4, -0.2) is 32.9 Å². The molecule has 0 radical (unpaired) electrons. The van der Waals surface area contributed by atoms with Crippen LogP contribution in [0.15, 0.2) is 0 Å². The van der Waals surface area contributed by atoms with Crippen molar-refractivity contribution in [1.82, 2.24) is 20.1 Å². The van der Waals surface area contributed by atoms with Crippen LogP contribution in [-0.2, 0) is 22.3 Å². The Kier molecular flexibility index (Phi) is 3.49. The normalized spacial score (nSPS) is 19.6. The maximum absolute atomic E-state index is 12.6. The molecule has 0 bridgehead atoms. The fourth-order valence-electron chi connectivity index (χ4n) is 1.81. The molecular weight excluding hydrogens is 277 g/mol. The van der Waals surface area contributed by atoms with Gasteiger partial charge in [-0.3, -0.25) is 0 Å². The summed E-state index contributed by atoms with van der Waals surface area (Å²) in [6.45, 7) is 5.34. The number of ether oxygens (including phenoxy) is 1. The molecule has 112 valence electrons. The Morgan fingerprint density at radius 3 is 2.60 bits per heavy atom. The van der Waals surface area contributed by atoms with E-state index >= 15 is 0 Å².